The smallest absolute Gasteiger partial charge is 0.120 e. The average Bonchev–Trinajstić information content (AvgIpc) is 2.23. The van der Waals surface area contributed by atoms with Crippen LogP contribution in [0, 0.1) is 0 Å². The maximum Gasteiger partial charge on any atom is 0.120 e. The number of morpholine rings is 1. The molecule has 2 heterocycles. The van der Waals surface area contributed by atoms with Crippen LogP contribution in [0.3, 0.4) is 0 Å². The largest absolute Gasteiger partial charge is 0.378 e. The van der Waals surface area contributed by atoms with Gasteiger partial charge < -0.3 is 10.1 Å². The van der Waals surface area contributed by atoms with Crippen molar-refractivity contribution in [2.75, 3.05) is 19.8 Å². The number of nitrogens with one attached hydrogen (secondary N) is 1. The zero-order chi connectivity index (χ0) is 9.97. The molecule has 1 aliphatic heterocycles. The van der Waals surface area contributed by atoms with Gasteiger partial charge in [0.1, 0.15) is 4.60 Å². The summed E-state index contributed by atoms with van der Waals surface area (Å²) in [5.41, 5.74) is 1.15. The van der Waals surface area contributed by atoms with E-state index in [4.69, 9.17) is 4.74 Å². The summed E-state index contributed by atoms with van der Waals surface area (Å²) in [7, 11) is 0. The first-order valence-electron chi connectivity index (χ1n) is 4.39. The molecule has 1 fully saturated rings. The Balaban J connectivity index is 2.18. The van der Waals surface area contributed by atoms with Gasteiger partial charge in [-0.2, -0.15) is 0 Å². The van der Waals surface area contributed by atoms with Crippen LogP contribution < -0.4 is 5.32 Å². The maximum absolute atomic E-state index is 5.39. The van der Waals surface area contributed by atoms with Crippen LogP contribution in [0.5, 0.6) is 0 Å². The van der Waals surface area contributed by atoms with Gasteiger partial charge >= 0.3 is 0 Å². The van der Waals surface area contributed by atoms with Crippen LogP contribution in [-0.2, 0) is 4.74 Å². The van der Waals surface area contributed by atoms with Gasteiger partial charge in [0.2, 0.25) is 0 Å². The number of aromatic nitrogens is 1. The summed E-state index contributed by atoms with van der Waals surface area (Å²) < 4.78 is 7.20. The van der Waals surface area contributed by atoms with Gasteiger partial charge in [-0.15, -0.1) is 0 Å². The lowest BCUT2D eigenvalue weighted by molar-refractivity contribution is 0.0767. The van der Waals surface area contributed by atoms with Gasteiger partial charge in [0.15, 0.2) is 0 Å². The fourth-order valence-electron chi connectivity index (χ4n) is 1.41. The summed E-state index contributed by atoms with van der Waals surface area (Å²) in [6, 6.07) is 2.32. The molecule has 1 aromatic rings. The van der Waals surface area contributed by atoms with Crippen molar-refractivity contribution in [2.45, 2.75) is 6.04 Å². The fourth-order valence-corrected chi connectivity index (χ4v) is 1.99. The second kappa shape index (κ2) is 4.70. The van der Waals surface area contributed by atoms with Crippen LogP contribution in [0.1, 0.15) is 11.6 Å². The Morgan fingerprint density at radius 2 is 2.36 bits per heavy atom. The Hall–Kier alpha value is 0.0300. The third kappa shape index (κ3) is 2.34. The molecule has 0 amide bonds. The first-order valence-corrected chi connectivity index (χ1v) is 5.98. The summed E-state index contributed by atoms with van der Waals surface area (Å²) in [5, 5.41) is 3.38. The molecule has 1 aliphatic rings. The van der Waals surface area contributed by atoms with E-state index in [0.717, 1.165) is 34.4 Å². The Labute approximate surface area is 99.5 Å². The predicted molar refractivity (Wildman–Crippen MR) is 61.2 cm³/mol. The van der Waals surface area contributed by atoms with E-state index in [1.165, 1.54) is 0 Å². The fraction of sp³-hybridized carbons (Fsp3) is 0.444. The molecule has 0 unspecified atom stereocenters. The van der Waals surface area contributed by atoms with Crippen LogP contribution >= 0.6 is 31.9 Å². The van der Waals surface area contributed by atoms with Gasteiger partial charge in [-0.05, 0) is 43.5 Å². The highest BCUT2D eigenvalue weighted by molar-refractivity contribution is 9.13. The number of halogens is 2. The van der Waals surface area contributed by atoms with Crippen molar-refractivity contribution < 1.29 is 4.74 Å². The van der Waals surface area contributed by atoms with Gasteiger partial charge in [-0.1, -0.05) is 0 Å². The predicted octanol–water partition coefficient (Wildman–Crippen LogP) is 2.27. The lowest BCUT2D eigenvalue weighted by Crippen LogP contribution is -2.34. The molecule has 1 saturated heterocycles. The van der Waals surface area contributed by atoms with E-state index < -0.39 is 0 Å². The topological polar surface area (TPSA) is 34.1 Å². The maximum atomic E-state index is 5.39. The first kappa shape index (κ1) is 10.5. The number of ether oxygens (including phenoxy) is 1. The lowest BCUT2D eigenvalue weighted by Gasteiger charge is -2.24. The van der Waals surface area contributed by atoms with E-state index in [1.807, 2.05) is 6.20 Å². The molecule has 0 radical (unpaired) electrons. The Kier molecular flexibility index (Phi) is 3.54. The first-order chi connectivity index (χ1) is 6.77. The number of pyridine rings is 1. The zero-order valence-corrected chi connectivity index (χ0v) is 10.6. The van der Waals surface area contributed by atoms with Crippen molar-refractivity contribution >= 4 is 31.9 Å². The molecule has 0 spiro atoms. The quantitative estimate of drug-likeness (QED) is 0.806. The number of rotatable bonds is 1. The molecule has 2 rings (SSSR count). The van der Waals surface area contributed by atoms with Crippen LogP contribution in [0.25, 0.3) is 0 Å². The molecule has 14 heavy (non-hydrogen) atoms. The molecule has 5 heteroatoms. The lowest BCUT2D eigenvalue weighted by atomic mass is 10.1. The van der Waals surface area contributed by atoms with E-state index in [9.17, 15) is 0 Å². The van der Waals surface area contributed by atoms with Gasteiger partial charge in [0, 0.05) is 12.7 Å². The van der Waals surface area contributed by atoms with E-state index in [0.29, 0.717) is 0 Å². The van der Waals surface area contributed by atoms with E-state index in [1.54, 1.807) is 0 Å². The second-order valence-electron chi connectivity index (χ2n) is 3.12. The normalized spacial score (nSPS) is 22.3. The van der Waals surface area contributed by atoms with Gasteiger partial charge in [0.05, 0.1) is 23.7 Å². The van der Waals surface area contributed by atoms with Crippen LogP contribution in [0.2, 0.25) is 0 Å². The van der Waals surface area contributed by atoms with Crippen molar-refractivity contribution in [1.29, 1.82) is 0 Å². The van der Waals surface area contributed by atoms with Crippen LogP contribution in [0.15, 0.2) is 21.3 Å². The van der Waals surface area contributed by atoms with Crippen molar-refractivity contribution in [3.05, 3.63) is 26.9 Å². The van der Waals surface area contributed by atoms with Crippen molar-refractivity contribution in [3.63, 3.8) is 0 Å². The van der Waals surface area contributed by atoms with E-state index in [-0.39, 0.29) is 6.04 Å². The average molecular weight is 322 g/mol. The highest BCUT2D eigenvalue weighted by Gasteiger charge is 2.16. The van der Waals surface area contributed by atoms with Gasteiger partial charge in [0.25, 0.3) is 0 Å². The summed E-state index contributed by atoms with van der Waals surface area (Å²) >= 11 is 6.78. The van der Waals surface area contributed by atoms with Crippen LogP contribution in [0.4, 0.5) is 0 Å². The minimum absolute atomic E-state index is 0.264. The minimum Gasteiger partial charge on any atom is -0.378 e. The third-order valence-corrected chi connectivity index (χ3v) is 3.91. The monoisotopic (exact) mass is 320 g/mol. The standard InChI is InChI=1S/C9H10Br2N2O/c10-7-3-6(4-13-9(7)11)8-5-14-2-1-12-8/h3-4,8,12H,1-2,5H2/t8-/m0/s1. The molecule has 0 aromatic carbocycles. The summed E-state index contributed by atoms with van der Waals surface area (Å²) in [4.78, 5) is 4.23. The Morgan fingerprint density at radius 3 is 3.00 bits per heavy atom. The summed E-state index contributed by atoms with van der Waals surface area (Å²) in [6.45, 7) is 2.41. The Bertz CT molecular complexity index is 327. The molecule has 1 atom stereocenters. The van der Waals surface area contributed by atoms with Gasteiger partial charge in [-0.25, -0.2) is 4.98 Å². The van der Waals surface area contributed by atoms with Crippen LogP contribution in [-0.4, -0.2) is 24.7 Å². The number of nitrogens with zero attached hydrogens (tertiary/aromatic N) is 1. The highest BCUT2D eigenvalue weighted by atomic mass is 79.9. The Morgan fingerprint density at radius 1 is 1.50 bits per heavy atom. The van der Waals surface area contributed by atoms with E-state index in [2.05, 4.69) is 48.2 Å². The van der Waals surface area contributed by atoms with E-state index >= 15 is 0 Å². The summed E-state index contributed by atoms with van der Waals surface area (Å²) in [6.07, 6.45) is 1.86. The molecular weight excluding hydrogens is 312 g/mol. The van der Waals surface area contributed by atoms with Crippen molar-refractivity contribution in [1.82, 2.24) is 10.3 Å². The molecule has 1 aromatic heterocycles. The third-order valence-electron chi connectivity index (χ3n) is 2.14. The van der Waals surface area contributed by atoms with Crippen molar-refractivity contribution in [3.8, 4) is 0 Å². The van der Waals surface area contributed by atoms with Gasteiger partial charge in [-0.3, -0.25) is 0 Å². The second-order valence-corrected chi connectivity index (χ2v) is 4.73. The minimum atomic E-state index is 0.264. The summed E-state index contributed by atoms with van der Waals surface area (Å²) in [5.74, 6) is 0. The number of hydrogen-bond donors (Lipinski definition) is 1. The molecule has 0 aliphatic carbocycles. The van der Waals surface area contributed by atoms with Crippen molar-refractivity contribution in [2.24, 2.45) is 0 Å². The molecule has 1 N–H and O–H groups in total. The molecule has 0 bridgehead atoms. The molecule has 76 valence electrons. The molecular formula is C9H10Br2N2O. The zero-order valence-electron chi connectivity index (χ0n) is 7.46. The molecule has 0 saturated carbocycles. The SMILES string of the molecule is Brc1cc([C@@H]2COCCN2)cnc1Br. The number of hydrogen-bond acceptors (Lipinski definition) is 3. The highest BCUT2D eigenvalue weighted by Crippen LogP contribution is 2.24. The molecule has 3 nitrogen and oxygen atoms in total.